The van der Waals surface area contributed by atoms with Gasteiger partial charge < -0.3 is 5.11 Å². The lowest BCUT2D eigenvalue weighted by Gasteiger charge is -2.42. The summed E-state index contributed by atoms with van der Waals surface area (Å²) in [5.41, 5.74) is 1.67. The SMILES string of the molecule is CC(C)(C)CC(C)(C)N(CCO)Cc1ccccc1. The Morgan fingerprint density at radius 1 is 1.00 bits per heavy atom. The molecule has 0 spiro atoms. The fourth-order valence-electron chi connectivity index (χ4n) is 2.93. The predicted octanol–water partition coefficient (Wildman–Crippen LogP) is 3.70. The third-order valence-electron chi connectivity index (χ3n) is 3.41. The number of aliphatic hydroxyl groups excluding tert-OH is 1. The van der Waals surface area contributed by atoms with E-state index in [0.29, 0.717) is 0 Å². The highest BCUT2D eigenvalue weighted by molar-refractivity contribution is 5.15. The molecular formula is C17H29NO. The van der Waals surface area contributed by atoms with Gasteiger partial charge in [0, 0.05) is 18.6 Å². The van der Waals surface area contributed by atoms with Crippen LogP contribution in [0.2, 0.25) is 0 Å². The lowest BCUT2D eigenvalue weighted by molar-refractivity contribution is 0.0527. The molecular weight excluding hydrogens is 234 g/mol. The average molecular weight is 263 g/mol. The Kier molecular flexibility index (Phi) is 5.57. The van der Waals surface area contributed by atoms with Gasteiger partial charge in [-0.3, -0.25) is 4.90 Å². The quantitative estimate of drug-likeness (QED) is 0.846. The minimum absolute atomic E-state index is 0.0802. The number of hydrogen-bond donors (Lipinski definition) is 1. The van der Waals surface area contributed by atoms with Crippen molar-refractivity contribution < 1.29 is 5.11 Å². The molecule has 1 rings (SSSR count). The molecule has 0 bridgehead atoms. The van der Waals surface area contributed by atoms with Gasteiger partial charge in [0.05, 0.1) is 6.61 Å². The van der Waals surface area contributed by atoms with Crippen molar-refractivity contribution in [3.8, 4) is 0 Å². The number of rotatable bonds is 6. The van der Waals surface area contributed by atoms with Gasteiger partial charge in [0.1, 0.15) is 0 Å². The third-order valence-corrected chi connectivity index (χ3v) is 3.41. The summed E-state index contributed by atoms with van der Waals surface area (Å²) >= 11 is 0. The van der Waals surface area contributed by atoms with Crippen LogP contribution in [0.25, 0.3) is 0 Å². The fourth-order valence-corrected chi connectivity index (χ4v) is 2.93. The van der Waals surface area contributed by atoms with Gasteiger partial charge in [-0.05, 0) is 31.2 Å². The van der Waals surface area contributed by atoms with E-state index in [0.717, 1.165) is 19.5 Å². The molecule has 0 atom stereocenters. The number of aliphatic hydroxyl groups is 1. The molecule has 0 aromatic heterocycles. The van der Waals surface area contributed by atoms with Gasteiger partial charge in [-0.2, -0.15) is 0 Å². The first-order chi connectivity index (χ1) is 8.74. The summed E-state index contributed by atoms with van der Waals surface area (Å²) in [5.74, 6) is 0. The summed E-state index contributed by atoms with van der Waals surface area (Å²) in [6, 6.07) is 10.5. The summed E-state index contributed by atoms with van der Waals surface area (Å²) in [7, 11) is 0. The maximum Gasteiger partial charge on any atom is 0.0558 e. The molecule has 0 aliphatic carbocycles. The van der Waals surface area contributed by atoms with Gasteiger partial charge in [0.15, 0.2) is 0 Å². The van der Waals surface area contributed by atoms with E-state index in [4.69, 9.17) is 0 Å². The maximum atomic E-state index is 9.33. The second-order valence-electron chi connectivity index (χ2n) is 7.18. The van der Waals surface area contributed by atoms with Gasteiger partial charge in [0.25, 0.3) is 0 Å². The van der Waals surface area contributed by atoms with Crippen LogP contribution < -0.4 is 0 Å². The van der Waals surface area contributed by atoms with E-state index in [-0.39, 0.29) is 17.6 Å². The first-order valence-electron chi connectivity index (χ1n) is 7.14. The lowest BCUT2D eigenvalue weighted by Crippen LogP contribution is -2.47. The van der Waals surface area contributed by atoms with Gasteiger partial charge in [-0.15, -0.1) is 0 Å². The van der Waals surface area contributed by atoms with Crippen LogP contribution >= 0.6 is 0 Å². The van der Waals surface area contributed by atoms with E-state index in [9.17, 15) is 5.11 Å². The molecule has 19 heavy (non-hydrogen) atoms. The highest BCUT2D eigenvalue weighted by Crippen LogP contribution is 2.32. The zero-order valence-electron chi connectivity index (χ0n) is 13.1. The molecule has 1 N–H and O–H groups in total. The molecule has 0 unspecified atom stereocenters. The Hall–Kier alpha value is -0.860. The summed E-state index contributed by atoms with van der Waals surface area (Å²) in [6.07, 6.45) is 1.10. The monoisotopic (exact) mass is 263 g/mol. The van der Waals surface area contributed by atoms with Crippen molar-refractivity contribution in [2.75, 3.05) is 13.2 Å². The van der Waals surface area contributed by atoms with Crippen LogP contribution in [0.5, 0.6) is 0 Å². The molecule has 0 heterocycles. The van der Waals surface area contributed by atoms with Crippen LogP contribution in [-0.2, 0) is 6.54 Å². The van der Waals surface area contributed by atoms with E-state index in [1.54, 1.807) is 0 Å². The summed E-state index contributed by atoms with van der Waals surface area (Å²) < 4.78 is 0. The van der Waals surface area contributed by atoms with Crippen LogP contribution in [0.4, 0.5) is 0 Å². The Bertz CT molecular complexity index is 365. The van der Waals surface area contributed by atoms with Crippen molar-refractivity contribution in [1.82, 2.24) is 4.90 Å². The average Bonchev–Trinajstić information content (AvgIpc) is 2.26. The molecule has 108 valence electrons. The molecule has 0 saturated heterocycles. The highest BCUT2D eigenvalue weighted by atomic mass is 16.3. The molecule has 0 amide bonds. The second kappa shape index (κ2) is 6.53. The van der Waals surface area contributed by atoms with E-state index in [1.807, 2.05) is 6.07 Å². The molecule has 0 aliphatic rings. The van der Waals surface area contributed by atoms with E-state index in [1.165, 1.54) is 5.56 Å². The number of β-amino-alcohol motifs (C(OH)–C–C–N with tert-alkyl or cyclic N) is 1. The predicted molar refractivity (Wildman–Crippen MR) is 82.1 cm³/mol. The Labute approximate surface area is 118 Å². The summed E-state index contributed by atoms with van der Waals surface area (Å²) in [4.78, 5) is 2.38. The number of hydrogen-bond acceptors (Lipinski definition) is 2. The van der Waals surface area contributed by atoms with Gasteiger partial charge >= 0.3 is 0 Å². The maximum absolute atomic E-state index is 9.33. The lowest BCUT2D eigenvalue weighted by atomic mass is 9.80. The van der Waals surface area contributed by atoms with Crippen LogP contribution in [0.3, 0.4) is 0 Å². The Morgan fingerprint density at radius 2 is 1.58 bits per heavy atom. The van der Waals surface area contributed by atoms with E-state index >= 15 is 0 Å². The minimum Gasteiger partial charge on any atom is -0.395 e. The molecule has 2 heteroatoms. The molecule has 2 nitrogen and oxygen atoms in total. The molecule has 0 radical (unpaired) electrons. The molecule has 1 aromatic rings. The van der Waals surface area contributed by atoms with E-state index in [2.05, 4.69) is 63.8 Å². The first kappa shape index (κ1) is 16.2. The van der Waals surface area contributed by atoms with Crippen molar-refractivity contribution in [3.05, 3.63) is 35.9 Å². The van der Waals surface area contributed by atoms with Crippen molar-refractivity contribution >= 4 is 0 Å². The Balaban J connectivity index is 2.81. The van der Waals surface area contributed by atoms with Crippen molar-refractivity contribution in [1.29, 1.82) is 0 Å². The molecule has 0 fully saturated rings. The van der Waals surface area contributed by atoms with Crippen LogP contribution in [-0.4, -0.2) is 28.7 Å². The van der Waals surface area contributed by atoms with Crippen molar-refractivity contribution in [3.63, 3.8) is 0 Å². The smallest absolute Gasteiger partial charge is 0.0558 e. The topological polar surface area (TPSA) is 23.5 Å². The van der Waals surface area contributed by atoms with Crippen LogP contribution in [0, 0.1) is 5.41 Å². The van der Waals surface area contributed by atoms with Crippen molar-refractivity contribution in [2.24, 2.45) is 5.41 Å². The molecule has 0 saturated carbocycles. The zero-order chi connectivity index (χ0) is 14.5. The van der Waals surface area contributed by atoms with E-state index < -0.39 is 0 Å². The summed E-state index contributed by atoms with van der Waals surface area (Å²) in [5, 5.41) is 9.33. The third kappa shape index (κ3) is 5.75. The number of benzene rings is 1. The molecule has 0 aliphatic heterocycles. The summed E-state index contributed by atoms with van der Waals surface area (Å²) in [6.45, 7) is 13.2. The van der Waals surface area contributed by atoms with Crippen LogP contribution in [0.1, 0.15) is 46.6 Å². The minimum atomic E-state index is 0.0802. The second-order valence-corrected chi connectivity index (χ2v) is 7.18. The first-order valence-corrected chi connectivity index (χ1v) is 7.14. The highest BCUT2D eigenvalue weighted by Gasteiger charge is 2.31. The Morgan fingerprint density at radius 3 is 2.05 bits per heavy atom. The normalized spacial score (nSPS) is 13.0. The number of nitrogens with zero attached hydrogens (tertiary/aromatic N) is 1. The fraction of sp³-hybridized carbons (Fsp3) is 0.647. The zero-order valence-corrected chi connectivity index (χ0v) is 13.1. The largest absolute Gasteiger partial charge is 0.395 e. The standard InChI is InChI=1S/C17H29NO/c1-16(2,3)14-17(4,5)18(11-12-19)13-15-9-7-6-8-10-15/h6-10,19H,11-14H2,1-5H3. The van der Waals surface area contributed by atoms with Crippen LogP contribution in [0.15, 0.2) is 30.3 Å². The van der Waals surface area contributed by atoms with Gasteiger partial charge in [-0.1, -0.05) is 51.1 Å². The van der Waals surface area contributed by atoms with Gasteiger partial charge in [0.2, 0.25) is 0 Å². The van der Waals surface area contributed by atoms with Crippen molar-refractivity contribution in [2.45, 2.75) is 53.1 Å². The van der Waals surface area contributed by atoms with Gasteiger partial charge in [-0.25, -0.2) is 0 Å². The molecule has 1 aromatic carbocycles.